The molecule has 0 aliphatic heterocycles. The Morgan fingerprint density at radius 1 is 0.955 bits per heavy atom. The molecule has 116 valence electrons. The van der Waals surface area contributed by atoms with Crippen molar-refractivity contribution in [1.82, 2.24) is 5.32 Å². The average Bonchev–Trinajstić information content (AvgIpc) is 2.54. The van der Waals surface area contributed by atoms with E-state index in [0.717, 1.165) is 17.7 Å². The molecule has 1 amide bonds. The van der Waals surface area contributed by atoms with Crippen molar-refractivity contribution in [3.63, 3.8) is 0 Å². The normalized spacial score (nSPS) is 10.3. The molecule has 0 aliphatic carbocycles. The van der Waals surface area contributed by atoms with Gasteiger partial charge in [-0.3, -0.25) is 4.79 Å². The van der Waals surface area contributed by atoms with Gasteiger partial charge >= 0.3 is 0 Å². The molecule has 2 N–H and O–H groups in total. The highest BCUT2D eigenvalue weighted by Crippen LogP contribution is 2.19. The molecule has 0 fully saturated rings. The molecule has 2 rings (SSSR count). The molecular weight excluding hydrogens is 293 g/mol. The number of anilines is 1. The van der Waals surface area contributed by atoms with E-state index in [1.165, 1.54) is 0 Å². The second-order valence-electron chi connectivity index (χ2n) is 4.66. The molecule has 0 heterocycles. The number of carbonyl (C=O) groups is 1. The summed E-state index contributed by atoms with van der Waals surface area (Å²) >= 11 is 0. The first-order chi connectivity index (χ1) is 10.6. The predicted molar refractivity (Wildman–Crippen MR) is 77.7 cm³/mol. The first kappa shape index (κ1) is 15.9. The SMILES string of the molecule is O=C(CCNc1ccc(F)c(F)c1F)NCc1ccccc1. The summed E-state index contributed by atoms with van der Waals surface area (Å²) in [6, 6.07) is 11.3. The first-order valence-corrected chi connectivity index (χ1v) is 6.76. The van der Waals surface area contributed by atoms with Crippen LogP contribution >= 0.6 is 0 Å². The third-order valence-corrected chi connectivity index (χ3v) is 3.04. The van der Waals surface area contributed by atoms with Crippen LogP contribution in [0.4, 0.5) is 18.9 Å². The lowest BCUT2D eigenvalue weighted by atomic mass is 10.2. The van der Waals surface area contributed by atoms with Gasteiger partial charge in [-0.1, -0.05) is 30.3 Å². The van der Waals surface area contributed by atoms with Gasteiger partial charge in [0.15, 0.2) is 17.5 Å². The van der Waals surface area contributed by atoms with Crippen LogP contribution in [-0.4, -0.2) is 12.5 Å². The molecular formula is C16H15F3N2O. The highest BCUT2D eigenvalue weighted by Gasteiger charge is 2.13. The molecule has 0 spiro atoms. The number of hydrogen-bond acceptors (Lipinski definition) is 2. The van der Waals surface area contributed by atoms with Gasteiger partial charge in [0.1, 0.15) is 0 Å². The Hall–Kier alpha value is -2.50. The molecule has 22 heavy (non-hydrogen) atoms. The standard InChI is InChI=1S/C16H15F3N2O/c17-12-6-7-13(16(19)15(12)18)20-9-8-14(22)21-10-11-4-2-1-3-5-11/h1-7,20H,8-10H2,(H,21,22). The molecule has 0 radical (unpaired) electrons. The molecule has 0 saturated carbocycles. The number of rotatable bonds is 6. The van der Waals surface area contributed by atoms with Crippen LogP contribution in [0.1, 0.15) is 12.0 Å². The minimum atomic E-state index is -1.53. The maximum atomic E-state index is 13.4. The Morgan fingerprint density at radius 3 is 2.41 bits per heavy atom. The second-order valence-corrected chi connectivity index (χ2v) is 4.66. The lowest BCUT2D eigenvalue weighted by Gasteiger charge is -2.09. The average molecular weight is 308 g/mol. The van der Waals surface area contributed by atoms with Crippen LogP contribution in [0.25, 0.3) is 0 Å². The van der Waals surface area contributed by atoms with Gasteiger partial charge in [0.2, 0.25) is 5.91 Å². The molecule has 0 saturated heterocycles. The van der Waals surface area contributed by atoms with Crippen molar-refractivity contribution < 1.29 is 18.0 Å². The topological polar surface area (TPSA) is 41.1 Å². The number of benzene rings is 2. The van der Waals surface area contributed by atoms with Gasteiger partial charge in [-0.15, -0.1) is 0 Å². The largest absolute Gasteiger partial charge is 0.382 e. The van der Waals surface area contributed by atoms with Crippen molar-refractivity contribution in [2.75, 3.05) is 11.9 Å². The fraction of sp³-hybridized carbons (Fsp3) is 0.188. The van der Waals surface area contributed by atoms with Gasteiger partial charge in [0.05, 0.1) is 5.69 Å². The minimum Gasteiger partial charge on any atom is -0.382 e. The maximum absolute atomic E-state index is 13.4. The molecule has 2 aromatic rings. The lowest BCUT2D eigenvalue weighted by molar-refractivity contribution is -0.121. The monoisotopic (exact) mass is 308 g/mol. The highest BCUT2D eigenvalue weighted by molar-refractivity contribution is 5.76. The summed E-state index contributed by atoms with van der Waals surface area (Å²) in [4.78, 5) is 11.6. The highest BCUT2D eigenvalue weighted by atomic mass is 19.2. The van der Waals surface area contributed by atoms with Crippen LogP contribution in [0, 0.1) is 17.5 Å². The molecule has 2 aromatic carbocycles. The number of carbonyl (C=O) groups excluding carboxylic acids is 1. The van der Waals surface area contributed by atoms with Crippen molar-refractivity contribution in [3.8, 4) is 0 Å². The van der Waals surface area contributed by atoms with Crippen LogP contribution in [0.15, 0.2) is 42.5 Å². The fourth-order valence-electron chi connectivity index (χ4n) is 1.86. The van der Waals surface area contributed by atoms with Gasteiger partial charge in [0.25, 0.3) is 0 Å². The summed E-state index contributed by atoms with van der Waals surface area (Å²) in [7, 11) is 0. The summed E-state index contributed by atoms with van der Waals surface area (Å²) < 4.78 is 39.2. The van der Waals surface area contributed by atoms with E-state index in [4.69, 9.17) is 0 Å². The van der Waals surface area contributed by atoms with Crippen molar-refractivity contribution in [3.05, 3.63) is 65.5 Å². The Balaban J connectivity index is 1.77. The van der Waals surface area contributed by atoms with E-state index in [1.54, 1.807) is 0 Å². The third-order valence-electron chi connectivity index (χ3n) is 3.04. The quantitative estimate of drug-likeness (QED) is 0.805. The van der Waals surface area contributed by atoms with Crippen LogP contribution in [-0.2, 0) is 11.3 Å². The van der Waals surface area contributed by atoms with E-state index in [-0.39, 0.29) is 24.6 Å². The van der Waals surface area contributed by atoms with E-state index >= 15 is 0 Å². The maximum Gasteiger partial charge on any atom is 0.222 e. The van der Waals surface area contributed by atoms with Gasteiger partial charge < -0.3 is 10.6 Å². The Morgan fingerprint density at radius 2 is 1.68 bits per heavy atom. The summed E-state index contributed by atoms with van der Waals surface area (Å²) in [5.74, 6) is -4.29. The summed E-state index contributed by atoms with van der Waals surface area (Å²) in [5, 5.41) is 5.28. The van der Waals surface area contributed by atoms with Crippen LogP contribution in [0.2, 0.25) is 0 Å². The molecule has 6 heteroatoms. The summed E-state index contributed by atoms with van der Waals surface area (Å²) in [6.45, 7) is 0.516. The predicted octanol–water partition coefficient (Wildman–Crippen LogP) is 3.22. The molecule has 0 unspecified atom stereocenters. The van der Waals surface area contributed by atoms with Gasteiger partial charge in [-0.25, -0.2) is 13.2 Å². The van der Waals surface area contributed by atoms with Gasteiger partial charge in [0, 0.05) is 19.5 Å². The fourth-order valence-corrected chi connectivity index (χ4v) is 1.86. The smallest absolute Gasteiger partial charge is 0.222 e. The van der Waals surface area contributed by atoms with Crippen molar-refractivity contribution >= 4 is 11.6 Å². The number of halogens is 3. The van der Waals surface area contributed by atoms with Crippen molar-refractivity contribution in [1.29, 1.82) is 0 Å². The van der Waals surface area contributed by atoms with E-state index in [2.05, 4.69) is 10.6 Å². The van der Waals surface area contributed by atoms with Gasteiger partial charge in [-0.05, 0) is 17.7 Å². The number of hydrogen-bond donors (Lipinski definition) is 2. The zero-order chi connectivity index (χ0) is 15.9. The van der Waals surface area contributed by atoms with Crippen molar-refractivity contribution in [2.45, 2.75) is 13.0 Å². The lowest BCUT2D eigenvalue weighted by Crippen LogP contribution is -2.25. The molecule has 0 bridgehead atoms. The van der Waals surface area contributed by atoms with Gasteiger partial charge in [-0.2, -0.15) is 0 Å². The van der Waals surface area contributed by atoms with E-state index < -0.39 is 17.5 Å². The van der Waals surface area contributed by atoms with Crippen LogP contribution in [0.3, 0.4) is 0 Å². The molecule has 3 nitrogen and oxygen atoms in total. The molecule has 0 atom stereocenters. The Kier molecular flexibility index (Phi) is 5.41. The van der Waals surface area contributed by atoms with Crippen LogP contribution in [0.5, 0.6) is 0 Å². The Bertz CT molecular complexity index is 647. The zero-order valence-electron chi connectivity index (χ0n) is 11.7. The van der Waals surface area contributed by atoms with E-state index in [1.807, 2.05) is 30.3 Å². The Labute approximate surface area is 126 Å². The zero-order valence-corrected chi connectivity index (χ0v) is 11.7. The number of amides is 1. The summed E-state index contributed by atoms with van der Waals surface area (Å²) in [5.41, 5.74) is 0.796. The second kappa shape index (κ2) is 7.49. The van der Waals surface area contributed by atoms with Crippen molar-refractivity contribution in [2.24, 2.45) is 0 Å². The first-order valence-electron chi connectivity index (χ1n) is 6.76. The van der Waals surface area contributed by atoms with E-state index in [0.29, 0.717) is 6.54 Å². The molecule has 0 aliphatic rings. The van der Waals surface area contributed by atoms with E-state index in [9.17, 15) is 18.0 Å². The van der Waals surface area contributed by atoms with Crippen LogP contribution < -0.4 is 10.6 Å². The number of nitrogens with one attached hydrogen (secondary N) is 2. The minimum absolute atomic E-state index is 0.0886. The molecule has 0 aromatic heterocycles. The third kappa shape index (κ3) is 4.25. The summed E-state index contributed by atoms with van der Waals surface area (Å²) in [6.07, 6.45) is 0.0886.